The Bertz CT molecular complexity index is 6970. The van der Waals surface area contributed by atoms with Crippen molar-refractivity contribution in [2.75, 3.05) is 19.6 Å². The van der Waals surface area contributed by atoms with E-state index in [9.17, 15) is 0 Å². The SMILES string of the molecule is c1ccc2c(c1)Oc1ccccc1N2c1ccc2ccc3c(N4c5ccccc5Oc5cc6c(cc54)oc4ccccc46)ccc4ccc1c2c43.c1ccc2c(c1)Sc1ccccc1N2c1ccc2c3ccc(N4c5ccccc5Sc5cc6c(cc54)oc4ccccc46)cc3c3ccccc3c2c1. The van der Waals surface area contributed by atoms with Crippen molar-refractivity contribution < 1.29 is 18.3 Å². The quantitative estimate of drug-likeness (QED) is 0.159. The van der Waals surface area contributed by atoms with Crippen molar-refractivity contribution in [2.45, 2.75) is 19.6 Å². The maximum Gasteiger partial charge on any atom is 0.152 e. The van der Waals surface area contributed by atoms with Crippen LogP contribution >= 0.6 is 23.5 Å². The van der Waals surface area contributed by atoms with Crippen molar-refractivity contribution in [2.24, 2.45) is 0 Å². The summed E-state index contributed by atoms with van der Waals surface area (Å²) in [6.07, 6.45) is 0. The van der Waals surface area contributed by atoms with Gasteiger partial charge in [0.15, 0.2) is 23.0 Å². The molecule has 0 aliphatic carbocycles. The zero-order valence-electron chi connectivity index (χ0n) is 55.4. The van der Waals surface area contributed by atoms with Crippen molar-refractivity contribution in [3.8, 4) is 23.0 Å². The van der Waals surface area contributed by atoms with Gasteiger partial charge in [-0.15, -0.1) is 0 Å². The summed E-state index contributed by atoms with van der Waals surface area (Å²) in [6, 6.07) is 117. The lowest BCUT2D eigenvalue weighted by Gasteiger charge is -2.34. The molecule has 0 fully saturated rings. The van der Waals surface area contributed by atoms with E-state index >= 15 is 0 Å². The van der Waals surface area contributed by atoms with E-state index in [2.05, 4.69) is 287 Å². The predicted octanol–water partition coefficient (Wildman–Crippen LogP) is 28.5. The molecule has 0 radical (unpaired) electrons. The Morgan fingerprint density at radius 3 is 1.07 bits per heavy atom. The zero-order valence-corrected chi connectivity index (χ0v) is 57.0. The summed E-state index contributed by atoms with van der Waals surface area (Å²) in [5.41, 5.74) is 16.7. The Labute approximate surface area is 604 Å². The molecule has 0 saturated heterocycles. The average Bonchev–Trinajstić information content (AvgIpc) is 0.772. The van der Waals surface area contributed by atoms with Crippen LogP contribution in [-0.2, 0) is 0 Å². The number of benzene rings is 18. The molecule has 4 aliphatic rings. The second-order valence-electron chi connectivity index (χ2n) is 27.0. The van der Waals surface area contributed by atoms with Gasteiger partial charge in [-0.05, 0) is 187 Å². The molecule has 6 heterocycles. The van der Waals surface area contributed by atoms with Crippen LogP contribution in [0.4, 0.5) is 68.2 Å². The van der Waals surface area contributed by atoms with Crippen LogP contribution in [0, 0.1) is 0 Å². The highest BCUT2D eigenvalue weighted by atomic mass is 32.2. The van der Waals surface area contributed by atoms with Crippen LogP contribution in [0.3, 0.4) is 0 Å². The number of para-hydroxylation sites is 11. The predicted molar refractivity (Wildman–Crippen MR) is 431 cm³/mol. The molecule has 104 heavy (non-hydrogen) atoms. The van der Waals surface area contributed by atoms with E-state index in [1.165, 1.54) is 95.9 Å². The second kappa shape index (κ2) is 22.2. The van der Waals surface area contributed by atoms with Crippen molar-refractivity contribution in [3.63, 3.8) is 0 Å². The first-order valence-electron chi connectivity index (χ1n) is 35.0. The molecule has 0 saturated carbocycles. The van der Waals surface area contributed by atoms with Crippen LogP contribution in [0.1, 0.15) is 0 Å². The van der Waals surface area contributed by atoms with Gasteiger partial charge in [0.25, 0.3) is 0 Å². The topological polar surface area (TPSA) is 57.7 Å². The fraction of sp³-hybridized carbons (Fsp3) is 0. The molecule has 10 heteroatoms. The number of fused-ring (bicyclic) bond motifs is 20. The van der Waals surface area contributed by atoms with Gasteiger partial charge in [-0.2, -0.15) is 0 Å². The normalized spacial score (nSPS) is 13.4. The Morgan fingerprint density at radius 2 is 0.558 bits per heavy atom. The number of anilines is 12. The van der Waals surface area contributed by atoms with Gasteiger partial charge >= 0.3 is 0 Å². The third kappa shape index (κ3) is 8.52. The minimum absolute atomic E-state index is 0.797. The van der Waals surface area contributed by atoms with Crippen LogP contribution in [0.15, 0.2) is 356 Å². The van der Waals surface area contributed by atoms with Crippen LogP contribution in [-0.4, -0.2) is 0 Å². The van der Waals surface area contributed by atoms with E-state index in [4.69, 9.17) is 18.3 Å². The summed E-state index contributed by atoms with van der Waals surface area (Å²) < 4.78 is 25.8. The first-order valence-corrected chi connectivity index (χ1v) is 36.6. The summed E-state index contributed by atoms with van der Waals surface area (Å²) in [6.45, 7) is 0. The van der Waals surface area contributed by atoms with Crippen molar-refractivity contribution in [1.29, 1.82) is 0 Å². The maximum absolute atomic E-state index is 6.62. The van der Waals surface area contributed by atoms with Crippen LogP contribution in [0.5, 0.6) is 23.0 Å². The smallest absolute Gasteiger partial charge is 0.152 e. The Hall–Kier alpha value is -13.1. The van der Waals surface area contributed by atoms with Crippen molar-refractivity contribution in [3.05, 3.63) is 328 Å². The molecule has 24 rings (SSSR count). The van der Waals surface area contributed by atoms with Crippen LogP contribution in [0.2, 0.25) is 0 Å². The number of hydrogen-bond donors (Lipinski definition) is 0. The van der Waals surface area contributed by atoms with Gasteiger partial charge in [0, 0.05) is 75.4 Å². The fourth-order valence-electron chi connectivity index (χ4n) is 16.8. The lowest BCUT2D eigenvalue weighted by atomic mass is 9.91. The first kappa shape index (κ1) is 57.6. The zero-order chi connectivity index (χ0) is 67.8. The largest absolute Gasteiger partial charge is 0.456 e. The fourth-order valence-corrected chi connectivity index (χ4v) is 18.9. The highest BCUT2D eigenvalue weighted by molar-refractivity contribution is 8.00. The number of rotatable bonds is 4. The summed E-state index contributed by atoms with van der Waals surface area (Å²) >= 11 is 3.67. The molecule has 8 nitrogen and oxygen atoms in total. The van der Waals surface area contributed by atoms with E-state index in [1.807, 2.05) is 84.2 Å². The first-order chi connectivity index (χ1) is 51.5. The molecule has 0 amide bonds. The number of hydrogen-bond acceptors (Lipinski definition) is 10. The molecule has 0 atom stereocenters. The lowest BCUT2D eigenvalue weighted by molar-refractivity contribution is 0.477. The van der Waals surface area contributed by atoms with Gasteiger partial charge in [-0.3, -0.25) is 0 Å². The third-order valence-electron chi connectivity index (χ3n) is 21.3. The summed E-state index contributed by atoms with van der Waals surface area (Å²) in [5.74, 6) is 3.29. The molecule has 0 bridgehead atoms. The Balaban J connectivity index is 0.000000127. The summed E-state index contributed by atoms with van der Waals surface area (Å²) in [5, 5.41) is 19.1. The number of nitrogens with zero attached hydrogens (tertiary/aromatic N) is 4. The summed E-state index contributed by atoms with van der Waals surface area (Å²) in [4.78, 5) is 14.5. The third-order valence-corrected chi connectivity index (χ3v) is 23.6. The van der Waals surface area contributed by atoms with Gasteiger partial charge < -0.3 is 37.9 Å². The van der Waals surface area contributed by atoms with Crippen molar-refractivity contribution in [1.82, 2.24) is 0 Å². The molecule has 2 aromatic heterocycles. The minimum Gasteiger partial charge on any atom is -0.456 e. The standard InChI is InChI=1S/C48H28N2OS2.C46H26N2O3/c1-2-12-32-31(11-1)36-25-29(49-39-14-4-8-18-45(39)52-46-19-9-5-15-40(46)49)21-23-33(36)34-24-22-30(26-37(32)34)50-41-16-6-10-20-47(41)53-48-27-38-35-13-3-7-17-43(35)51-44(38)28-42(48)50;1-5-13-39-29(9-1)32-25-44-38(26-43(32)49-39)48(37-12-4-8-16-42(37)51-44)34-24-20-28-17-21-30-33(23-19-27-18-22-31(34)46(28)45(27)30)47-35-10-2-6-14-40(35)50-41-15-7-3-11-36(41)47/h1-28H;1-26H. The van der Waals surface area contributed by atoms with Crippen LogP contribution < -0.4 is 29.1 Å². The highest BCUT2D eigenvalue weighted by Crippen LogP contribution is 2.59. The molecule has 0 unspecified atom stereocenters. The van der Waals surface area contributed by atoms with E-state index in [0.29, 0.717) is 0 Å². The van der Waals surface area contributed by atoms with E-state index < -0.39 is 0 Å². The Morgan fingerprint density at radius 1 is 0.192 bits per heavy atom. The van der Waals surface area contributed by atoms with Crippen LogP contribution in [0.25, 0.3) is 109 Å². The van der Waals surface area contributed by atoms with E-state index in [0.717, 1.165) is 123 Å². The van der Waals surface area contributed by atoms with Gasteiger partial charge in [0.1, 0.15) is 22.3 Å². The highest BCUT2D eigenvalue weighted by Gasteiger charge is 2.33. The average molecular weight is 1370 g/mol. The molecular weight excluding hydrogens is 1310 g/mol. The van der Waals surface area contributed by atoms with Gasteiger partial charge in [0.05, 0.1) is 56.9 Å². The molecular formula is C94H54N4O4S2. The molecule has 20 aromatic rings. The number of ether oxygens (including phenoxy) is 2. The minimum atomic E-state index is 0.797. The molecule has 0 spiro atoms. The second-order valence-corrected chi connectivity index (χ2v) is 29.1. The van der Waals surface area contributed by atoms with E-state index in [1.54, 1.807) is 0 Å². The lowest BCUT2D eigenvalue weighted by Crippen LogP contribution is -2.16. The molecule has 486 valence electrons. The molecule has 4 aliphatic heterocycles. The maximum atomic E-state index is 6.62. The molecule has 0 N–H and O–H groups in total. The monoisotopic (exact) mass is 1370 g/mol. The Kier molecular flexibility index (Phi) is 12.3. The summed E-state index contributed by atoms with van der Waals surface area (Å²) in [7, 11) is 0. The van der Waals surface area contributed by atoms with Gasteiger partial charge in [-0.1, -0.05) is 206 Å². The number of furan rings is 2. The van der Waals surface area contributed by atoms with Crippen molar-refractivity contribution >= 4 is 200 Å². The molecule has 18 aromatic carbocycles. The van der Waals surface area contributed by atoms with Gasteiger partial charge in [0.2, 0.25) is 0 Å². The van der Waals surface area contributed by atoms with Gasteiger partial charge in [-0.25, -0.2) is 0 Å². The van der Waals surface area contributed by atoms with E-state index in [-0.39, 0.29) is 0 Å².